The van der Waals surface area contributed by atoms with Crippen molar-refractivity contribution in [2.45, 2.75) is 137 Å². The van der Waals surface area contributed by atoms with Crippen LogP contribution in [0.4, 0.5) is 14.0 Å². The first-order valence-corrected chi connectivity index (χ1v) is 21.1. The van der Waals surface area contributed by atoms with Crippen molar-refractivity contribution in [1.29, 1.82) is 0 Å². The maximum Gasteiger partial charge on any atom is 0.507 e. The topological polar surface area (TPSA) is 235 Å². The third-order valence-corrected chi connectivity index (χ3v) is 10.7. The zero-order chi connectivity index (χ0) is 48.5. The predicted molar refractivity (Wildman–Crippen MR) is 238 cm³/mol. The van der Waals surface area contributed by atoms with Gasteiger partial charge in [-0.05, 0) is 80.4 Å². The molecule has 3 saturated heterocycles. The van der Waals surface area contributed by atoms with Gasteiger partial charge in [0, 0.05) is 49.9 Å². The van der Waals surface area contributed by atoms with E-state index in [0.29, 0.717) is 25.3 Å². The first kappa shape index (κ1) is 59.9. The lowest BCUT2D eigenvalue weighted by atomic mass is 9.76. The van der Waals surface area contributed by atoms with Crippen molar-refractivity contribution in [2.75, 3.05) is 41.9 Å². The molecule has 0 aromatic heterocycles. The summed E-state index contributed by atoms with van der Waals surface area (Å²) in [7, 11) is 8.52. The Morgan fingerprint density at radius 1 is 1.03 bits per heavy atom. The lowest BCUT2D eigenvalue weighted by Crippen LogP contribution is -2.56. The summed E-state index contributed by atoms with van der Waals surface area (Å²) < 4.78 is 36.7. The minimum atomic E-state index is -1.19. The molecule has 62 heavy (non-hydrogen) atoms. The fourth-order valence-electron chi connectivity index (χ4n) is 7.31. The van der Waals surface area contributed by atoms with Crippen molar-refractivity contribution in [1.82, 2.24) is 15.2 Å². The van der Waals surface area contributed by atoms with Crippen LogP contribution < -0.4 is 16.9 Å². The molecule has 3 fully saturated rings. The van der Waals surface area contributed by atoms with Crippen LogP contribution in [0.5, 0.6) is 0 Å². The van der Waals surface area contributed by atoms with E-state index in [-0.39, 0.29) is 48.5 Å². The quantitative estimate of drug-likeness (QED) is 0.0559. The Morgan fingerprint density at radius 3 is 2.05 bits per heavy atom. The number of nitrogens with zero attached hydrogens (tertiary/aromatic N) is 3. The number of fused-ring (bicyclic) bond motifs is 1. The molecule has 0 aromatic rings. The van der Waals surface area contributed by atoms with Gasteiger partial charge in [0.25, 0.3) is 0 Å². The van der Waals surface area contributed by atoms with Crippen molar-refractivity contribution in [3.05, 3.63) is 37.0 Å². The molecule has 0 spiro atoms. The fourth-order valence-corrected chi connectivity index (χ4v) is 7.31. The zero-order valence-electron chi connectivity index (χ0n) is 39.8. The van der Waals surface area contributed by atoms with E-state index >= 15 is 0 Å². The molecule has 358 valence electrons. The SMILES string of the molecule is C=C(F)CCOC(=O)OC.C=CN=C/C(=C\C)N(C)N.CC1CC(N(C)C)CC(O)O1.CC[C@H]1OC(=O)[C@H](C)C(=O)[C@H](C)C[C@@H](C)C[C@@H](C)C(=O)C(C)C2NC(=O)O[C@@]21C.CN. The van der Waals surface area contributed by atoms with Gasteiger partial charge in [-0.3, -0.25) is 19.4 Å². The van der Waals surface area contributed by atoms with E-state index in [9.17, 15) is 33.5 Å². The Kier molecular flexibility index (Phi) is 29.7. The van der Waals surface area contributed by atoms with E-state index in [0.717, 1.165) is 18.5 Å². The Bertz CT molecular complexity index is 1470. The zero-order valence-corrected chi connectivity index (χ0v) is 39.8. The number of aliphatic imine (C=N–C) groups is 1. The van der Waals surface area contributed by atoms with Crippen molar-refractivity contribution in [2.24, 2.45) is 46.2 Å². The number of aliphatic hydroxyl groups excluding tert-OH is 1. The van der Waals surface area contributed by atoms with Crippen molar-refractivity contribution < 1.29 is 57.2 Å². The van der Waals surface area contributed by atoms with Crippen molar-refractivity contribution in [3.8, 4) is 0 Å². The highest BCUT2D eigenvalue weighted by atomic mass is 19.1. The van der Waals surface area contributed by atoms with Gasteiger partial charge >= 0.3 is 18.2 Å². The maximum atomic E-state index is 13.1. The molecule has 3 aliphatic rings. The van der Waals surface area contributed by atoms with Crippen LogP contribution >= 0.6 is 0 Å². The molecule has 18 heteroatoms. The highest BCUT2D eigenvalue weighted by molar-refractivity contribution is 5.99. The summed E-state index contributed by atoms with van der Waals surface area (Å²) in [6.07, 6.45) is 5.82. The number of halogens is 1. The van der Waals surface area contributed by atoms with Crippen LogP contribution in [0.25, 0.3) is 0 Å². The van der Waals surface area contributed by atoms with Gasteiger partial charge in [0.05, 0.1) is 37.0 Å². The van der Waals surface area contributed by atoms with Gasteiger partial charge in [0.15, 0.2) is 11.9 Å². The van der Waals surface area contributed by atoms with Crippen LogP contribution in [0.2, 0.25) is 0 Å². The summed E-state index contributed by atoms with van der Waals surface area (Å²) in [5.41, 5.74) is 4.17. The number of allylic oxidation sites excluding steroid dienone is 2. The summed E-state index contributed by atoms with van der Waals surface area (Å²) in [6.45, 7) is 22.9. The molecule has 6 N–H and O–H groups in total. The molecule has 3 heterocycles. The molecule has 0 bridgehead atoms. The molecule has 3 rings (SSSR count). The van der Waals surface area contributed by atoms with E-state index in [2.05, 4.69) is 43.6 Å². The summed E-state index contributed by atoms with van der Waals surface area (Å²) >= 11 is 0. The number of hydrogen-bond donors (Lipinski definition) is 4. The number of ether oxygens (including phenoxy) is 5. The Labute approximate surface area is 369 Å². The van der Waals surface area contributed by atoms with Crippen molar-refractivity contribution in [3.63, 3.8) is 0 Å². The lowest BCUT2D eigenvalue weighted by molar-refractivity contribution is -0.172. The average Bonchev–Trinajstić information content (AvgIpc) is 3.53. The molecule has 5 unspecified atom stereocenters. The standard InChI is InChI=1S/C22H35NO6.C8H17NO2.C7H13N3.C6H9FO3.CH5N/c1-8-16-22(7)19(23-21(27)29-22)14(5)17(24)12(3)9-11(2)10-13(4)18(25)15(6)20(26)28-16;1-6-4-7(9(2)3)5-8(10)11-6;1-4-7(10(3)8)6-9-5-2;1-5(7)3-4-10-6(8)9-2;1-2/h11-16,19H,8-10H2,1-7H3,(H,23,27);6-8,10H,4-5H2,1-3H3;4-6H,2,8H2,1,3H3;1,3-4H2,2H3;2H2,1H3/b;;7-4+,9-6?;;/t11-,12+,13+,14?,15+,16+,19?,22+;;;;/m0..../s1. The Balaban J connectivity index is 0. The molecular formula is C44H79FN6O11. The number of hydrogen-bond acceptors (Lipinski definition) is 16. The number of ketones is 2. The Hall–Kier alpha value is -4.23. The second-order valence-corrected chi connectivity index (χ2v) is 16.1. The minimum absolute atomic E-state index is 0.0229. The third kappa shape index (κ3) is 21.2. The monoisotopic (exact) mass is 887 g/mol. The van der Waals surface area contributed by atoms with Gasteiger partial charge in [0.1, 0.15) is 30.2 Å². The molecule has 11 atom stereocenters. The molecule has 0 aliphatic carbocycles. The normalized spacial score (nSPS) is 30.3. The molecular weight excluding hydrogens is 808 g/mol. The second-order valence-electron chi connectivity index (χ2n) is 16.1. The smallest absolute Gasteiger partial charge is 0.458 e. The number of Topliss-reactive ketones (excluding diaryl/α,β-unsaturated/α-hetero) is 2. The molecule has 0 radical (unpaired) electrons. The van der Waals surface area contributed by atoms with Crippen LogP contribution in [-0.2, 0) is 38.1 Å². The van der Waals surface area contributed by atoms with Gasteiger partial charge < -0.3 is 49.8 Å². The van der Waals surface area contributed by atoms with Gasteiger partial charge in [-0.2, -0.15) is 0 Å². The molecule has 0 saturated carbocycles. The summed E-state index contributed by atoms with van der Waals surface area (Å²) in [4.78, 5) is 66.9. The van der Waals surface area contributed by atoms with Crippen molar-refractivity contribution >= 4 is 36.0 Å². The minimum Gasteiger partial charge on any atom is -0.458 e. The van der Waals surface area contributed by atoms with Crippen LogP contribution in [0.1, 0.15) is 101 Å². The van der Waals surface area contributed by atoms with Crippen LogP contribution in [0.3, 0.4) is 0 Å². The van der Waals surface area contributed by atoms with Crippen LogP contribution in [0, 0.1) is 29.6 Å². The number of cyclic esters (lactones) is 1. The average molecular weight is 887 g/mol. The number of carbonyl (C=O) groups is 5. The molecule has 1 amide bonds. The highest BCUT2D eigenvalue weighted by Crippen LogP contribution is 2.37. The number of alkyl carbamates (subject to hydrolysis) is 1. The predicted octanol–water partition coefficient (Wildman–Crippen LogP) is 5.85. The molecule has 3 aliphatic heterocycles. The highest BCUT2D eigenvalue weighted by Gasteiger charge is 2.56. The number of nitrogens with two attached hydrogens (primary N) is 2. The largest absolute Gasteiger partial charge is 0.507 e. The number of carbonyl (C=O) groups excluding carboxylic acids is 5. The number of nitrogens with one attached hydrogen (secondary N) is 1. The number of aliphatic hydroxyl groups is 1. The van der Waals surface area contributed by atoms with Crippen LogP contribution in [-0.4, -0.2) is 129 Å². The van der Waals surface area contributed by atoms with E-state index in [1.807, 2.05) is 61.7 Å². The number of methoxy groups -OCH3 is 1. The summed E-state index contributed by atoms with van der Waals surface area (Å²) in [5.74, 6) is 2.41. The fraction of sp³-hybridized carbons (Fsp3) is 0.727. The maximum absolute atomic E-state index is 13.1. The first-order chi connectivity index (χ1) is 28.9. The van der Waals surface area contributed by atoms with Crippen LogP contribution in [0.15, 0.2) is 42.0 Å². The first-order valence-electron chi connectivity index (χ1n) is 21.1. The van der Waals surface area contributed by atoms with Gasteiger partial charge in [-0.25, -0.2) is 19.8 Å². The number of amides is 1. The summed E-state index contributed by atoms with van der Waals surface area (Å²) in [6, 6.07) is -0.153. The van der Waals surface area contributed by atoms with E-state index in [1.54, 1.807) is 34.0 Å². The third-order valence-electron chi connectivity index (χ3n) is 10.7. The summed E-state index contributed by atoms with van der Waals surface area (Å²) in [5, 5.41) is 13.5. The molecule has 0 aromatic carbocycles. The van der Waals surface area contributed by atoms with Gasteiger partial charge in [0.2, 0.25) is 0 Å². The number of esters is 1. The number of hydrazine groups is 1. The molecule has 17 nitrogen and oxygen atoms in total. The van der Waals surface area contributed by atoms with Gasteiger partial charge in [-0.1, -0.05) is 53.9 Å². The lowest BCUT2D eigenvalue weighted by Gasteiger charge is -2.38. The van der Waals surface area contributed by atoms with E-state index < -0.39 is 59.9 Å². The second kappa shape index (κ2) is 30.8. The van der Waals surface area contributed by atoms with Gasteiger partial charge in [-0.15, -0.1) is 0 Å². The number of rotatable bonds is 8. The van der Waals surface area contributed by atoms with E-state index in [4.69, 9.17) is 20.1 Å². The Morgan fingerprint density at radius 2 is 1.60 bits per heavy atom. The van der Waals surface area contributed by atoms with E-state index in [1.165, 1.54) is 25.4 Å².